The number of nitrogens with one attached hydrogen (secondary N) is 1. The van der Waals surface area contributed by atoms with Crippen LogP contribution >= 0.6 is 0 Å². The summed E-state index contributed by atoms with van der Waals surface area (Å²) in [5, 5.41) is 11.2. The summed E-state index contributed by atoms with van der Waals surface area (Å²) in [4.78, 5) is 14.1. The van der Waals surface area contributed by atoms with Crippen LogP contribution in [-0.2, 0) is 13.0 Å². The largest absolute Gasteiger partial charge is 0.368 e. The topological polar surface area (TPSA) is 58.1 Å². The van der Waals surface area contributed by atoms with Gasteiger partial charge in [0.25, 0.3) is 5.91 Å². The average molecular weight is 364 g/mol. The van der Waals surface area contributed by atoms with Crippen molar-refractivity contribution in [1.29, 1.82) is 0 Å². The van der Waals surface area contributed by atoms with Crippen LogP contribution in [-0.4, -0.2) is 34.6 Å². The van der Waals surface area contributed by atoms with E-state index in [1.165, 1.54) is 12.1 Å². The minimum atomic E-state index is -0.241. The molecule has 1 N–H and O–H groups in total. The molecule has 0 unspecified atom stereocenters. The first-order valence-corrected chi connectivity index (χ1v) is 8.73. The van der Waals surface area contributed by atoms with E-state index in [0.29, 0.717) is 24.6 Å². The Morgan fingerprint density at radius 3 is 2.37 bits per heavy atom. The molecule has 5 nitrogen and oxygen atoms in total. The van der Waals surface area contributed by atoms with Gasteiger partial charge in [-0.25, -0.2) is 4.39 Å². The van der Waals surface area contributed by atoms with Crippen LogP contribution in [0.4, 0.5) is 10.2 Å². The van der Waals surface area contributed by atoms with Crippen LogP contribution in [0.3, 0.4) is 0 Å². The number of amides is 1. The molecule has 2 aromatic carbocycles. The van der Waals surface area contributed by atoms with Gasteiger partial charge in [-0.1, -0.05) is 42.5 Å². The van der Waals surface area contributed by atoms with Crippen LogP contribution in [0.5, 0.6) is 0 Å². The number of rotatable bonds is 7. The van der Waals surface area contributed by atoms with Gasteiger partial charge >= 0.3 is 0 Å². The molecule has 1 amide bonds. The van der Waals surface area contributed by atoms with Crippen molar-refractivity contribution in [3.63, 3.8) is 0 Å². The predicted octanol–water partition coefficient (Wildman–Crippen LogP) is 3.54. The van der Waals surface area contributed by atoms with Crippen LogP contribution in [0.25, 0.3) is 0 Å². The summed E-state index contributed by atoms with van der Waals surface area (Å²) in [6.45, 7) is 1.15. The number of carbonyl (C=O) groups excluding carboxylic acids is 1. The van der Waals surface area contributed by atoms with E-state index in [0.717, 1.165) is 17.5 Å². The van der Waals surface area contributed by atoms with Crippen molar-refractivity contribution in [2.45, 2.75) is 13.0 Å². The second kappa shape index (κ2) is 8.89. The average Bonchev–Trinajstić information content (AvgIpc) is 2.70. The fourth-order valence-corrected chi connectivity index (χ4v) is 2.65. The summed E-state index contributed by atoms with van der Waals surface area (Å²) in [5.74, 6) is 0.179. The number of halogens is 1. The number of benzene rings is 2. The Hall–Kier alpha value is -3.28. The van der Waals surface area contributed by atoms with Crippen molar-refractivity contribution in [2.24, 2.45) is 0 Å². The highest BCUT2D eigenvalue weighted by Crippen LogP contribution is 2.09. The third kappa shape index (κ3) is 5.34. The van der Waals surface area contributed by atoms with Crippen molar-refractivity contribution in [3.8, 4) is 0 Å². The number of hydrogen-bond donors (Lipinski definition) is 1. The molecule has 0 radical (unpaired) electrons. The third-order valence-electron chi connectivity index (χ3n) is 4.13. The molecule has 138 valence electrons. The van der Waals surface area contributed by atoms with Gasteiger partial charge in [0, 0.05) is 20.1 Å². The first-order valence-electron chi connectivity index (χ1n) is 8.73. The molecule has 3 aromatic rings. The lowest BCUT2D eigenvalue weighted by Crippen LogP contribution is -2.27. The smallest absolute Gasteiger partial charge is 0.274 e. The Balaban J connectivity index is 1.51. The van der Waals surface area contributed by atoms with Gasteiger partial charge in [0.05, 0.1) is 0 Å². The van der Waals surface area contributed by atoms with Gasteiger partial charge in [-0.05, 0) is 41.8 Å². The van der Waals surface area contributed by atoms with Gasteiger partial charge in [-0.15, -0.1) is 10.2 Å². The Morgan fingerprint density at radius 2 is 1.70 bits per heavy atom. The van der Waals surface area contributed by atoms with E-state index in [9.17, 15) is 9.18 Å². The van der Waals surface area contributed by atoms with E-state index in [2.05, 4.69) is 15.5 Å². The second-order valence-corrected chi connectivity index (χ2v) is 6.25. The van der Waals surface area contributed by atoms with Crippen LogP contribution in [0, 0.1) is 5.82 Å². The molecule has 0 aliphatic carbocycles. The summed E-state index contributed by atoms with van der Waals surface area (Å²) in [5.41, 5.74) is 2.39. The normalized spacial score (nSPS) is 10.4. The van der Waals surface area contributed by atoms with Crippen LogP contribution in [0.1, 0.15) is 21.6 Å². The van der Waals surface area contributed by atoms with E-state index in [4.69, 9.17) is 0 Å². The summed E-state index contributed by atoms with van der Waals surface area (Å²) in [6.07, 6.45) is 0.739. The first-order chi connectivity index (χ1) is 13.1. The summed E-state index contributed by atoms with van der Waals surface area (Å²) in [6, 6.07) is 19.6. The molecule has 0 saturated carbocycles. The van der Waals surface area contributed by atoms with E-state index in [1.807, 2.05) is 30.3 Å². The Kier molecular flexibility index (Phi) is 6.10. The molecule has 0 saturated heterocycles. The highest BCUT2D eigenvalue weighted by molar-refractivity contribution is 5.92. The molecular weight excluding hydrogens is 343 g/mol. The Labute approximate surface area is 157 Å². The molecule has 0 aliphatic heterocycles. The maximum atomic E-state index is 12.9. The van der Waals surface area contributed by atoms with E-state index >= 15 is 0 Å². The highest BCUT2D eigenvalue weighted by atomic mass is 19.1. The lowest BCUT2D eigenvalue weighted by atomic mass is 10.1. The van der Waals surface area contributed by atoms with E-state index in [1.54, 1.807) is 36.2 Å². The first kappa shape index (κ1) is 18.5. The van der Waals surface area contributed by atoms with Gasteiger partial charge in [0.2, 0.25) is 0 Å². The van der Waals surface area contributed by atoms with Crippen molar-refractivity contribution in [1.82, 2.24) is 15.1 Å². The molecule has 0 spiro atoms. The van der Waals surface area contributed by atoms with Crippen LogP contribution in [0.2, 0.25) is 0 Å². The fraction of sp³-hybridized carbons (Fsp3) is 0.190. The number of aromatic nitrogens is 2. The lowest BCUT2D eigenvalue weighted by Gasteiger charge is -2.16. The molecule has 1 aromatic heterocycles. The molecule has 0 bridgehead atoms. The zero-order valence-corrected chi connectivity index (χ0v) is 15.1. The zero-order valence-electron chi connectivity index (χ0n) is 15.1. The maximum Gasteiger partial charge on any atom is 0.274 e. The van der Waals surface area contributed by atoms with Gasteiger partial charge in [0.1, 0.15) is 11.6 Å². The lowest BCUT2D eigenvalue weighted by molar-refractivity contribution is 0.0778. The van der Waals surface area contributed by atoms with Crippen molar-refractivity contribution < 1.29 is 9.18 Å². The second-order valence-electron chi connectivity index (χ2n) is 6.25. The van der Waals surface area contributed by atoms with Crippen LogP contribution < -0.4 is 5.32 Å². The molecule has 0 atom stereocenters. The number of nitrogens with zero attached hydrogens (tertiary/aromatic N) is 3. The third-order valence-corrected chi connectivity index (χ3v) is 4.13. The molecule has 27 heavy (non-hydrogen) atoms. The zero-order chi connectivity index (χ0) is 19.1. The standard InChI is InChI=1S/C21H21FN4O/c1-26(15-17-5-3-2-4-6-17)21(27)19-11-12-20(25-24-19)23-14-13-16-7-9-18(22)10-8-16/h2-12H,13-15H2,1H3,(H,23,25). The number of carbonyl (C=O) groups is 1. The summed E-state index contributed by atoms with van der Waals surface area (Å²) < 4.78 is 12.9. The molecule has 6 heteroatoms. The van der Waals surface area contributed by atoms with Crippen molar-refractivity contribution >= 4 is 11.7 Å². The molecule has 0 aliphatic rings. The van der Waals surface area contributed by atoms with Crippen molar-refractivity contribution in [3.05, 3.63) is 89.4 Å². The van der Waals surface area contributed by atoms with Gasteiger partial charge in [-0.2, -0.15) is 0 Å². The number of hydrogen-bond acceptors (Lipinski definition) is 4. The minimum Gasteiger partial charge on any atom is -0.368 e. The van der Waals surface area contributed by atoms with Crippen molar-refractivity contribution in [2.75, 3.05) is 18.9 Å². The van der Waals surface area contributed by atoms with E-state index < -0.39 is 0 Å². The van der Waals surface area contributed by atoms with Gasteiger partial charge in [0.15, 0.2) is 5.69 Å². The fourth-order valence-electron chi connectivity index (χ4n) is 2.65. The summed E-state index contributed by atoms with van der Waals surface area (Å²) in [7, 11) is 1.74. The Bertz CT molecular complexity index is 867. The van der Waals surface area contributed by atoms with E-state index in [-0.39, 0.29) is 11.7 Å². The monoisotopic (exact) mass is 364 g/mol. The highest BCUT2D eigenvalue weighted by Gasteiger charge is 2.14. The van der Waals surface area contributed by atoms with Gasteiger partial charge < -0.3 is 10.2 Å². The molecule has 3 rings (SSSR count). The number of anilines is 1. The molecular formula is C21H21FN4O. The predicted molar refractivity (Wildman–Crippen MR) is 103 cm³/mol. The maximum absolute atomic E-state index is 12.9. The summed E-state index contributed by atoms with van der Waals surface area (Å²) >= 11 is 0. The SMILES string of the molecule is CN(Cc1ccccc1)C(=O)c1ccc(NCCc2ccc(F)cc2)nn1. The van der Waals surface area contributed by atoms with Crippen LogP contribution in [0.15, 0.2) is 66.7 Å². The van der Waals surface area contributed by atoms with Gasteiger partial charge in [-0.3, -0.25) is 4.79 Å². The molecule has 1 heterocycles. The quantitative estimate of drug-likeness (QED) is 0.697. The minimum absolute atomic E-state index is 0.177. The molecule has 0 fully saturated rings. The Morgan fingerprint density at radius 1 is 0.963 bits per heavy atom.